The van der Waals surface area contributed by atoms with Gasteiger partial charge in [0.25, 0.3) is 0 Å². The molecule has 2 aromatic rings. The normalized spacial score (nSPS) is 20.6. The van der Waals surface area contributed by atoms with Gasteiger partial charge in [-0.05, 0) is 35.8 Å². The lowest BCUT2D eigenvalue weighted by molar-refractivity contribution is -0.394. The van der Waals surface area contributed by atoms with Gasteiger partial charge >= 0.3 is 5.95 Å². The summed E-state index contributed by atoms with van der Waals surface area (Å²) in [5.74, 6) is 1.53. The zero-order valence-corrected chi connectivity index (χ0v) is 14.3. The molecule has 9 nitrogen and oxygen atoms in total. The monoisotopic (exact) mass is 347 g/mol. The van der Waals surface area contributed by atoms with Gasteiger partial charge in [0.05, 0.1) is 6.04 Å². The molecule has 0 bridgehead atoms. The molecule has 0 spiro atoms. The fourth-order valence-electron chi connectivity index (χ4n) is 3.15. The van der Waals surface area contributed by atoms with Gasteiger partial charge in [-0.3, -0.25) is 4.79 Å². The molecule has 0 aromatic carbocycles. The summed E-state index contributed by atoms with van der Waals surface area (Å²) >= 11 is 0. The van der Waals surface area contributed by atoms with Crippen molar-refractivity contribution in [3.05, 3.63) is 40.1 Å². The van der Waals surface area contributed by atoms with Gasteiger partial charge in [-0.1, -0.05) is 18.8 Å². The number of carbonyl (C=O) groups is 1. The van der Waals surface area contributed by atoms with Crippen LogP contribution in [-0.4, -0.2) is 37.0 Å². The van der Waals surface area contributed by atoms with Crippen LogP contribution in [0.15, 0.2) is 22.9 Å². The van der Waals surface area contributed by atoms with E-state index in [1.54, 1.807) is 4.90 Å². The Morgan fingerprint density at radius 1 is 1.48 bits per heavy atom. The van der Waals surface area contributed by atoms with Crippen LogP contribution >= 0.6 is 0 Å². The lowest BCUT2D eigenvalue weighted by atomic mass is 9.91. The number of carbonyl (C=O) groups excluding carboxylic acids is 1. The largest absolute Gasteiger partial charge is 0.490 e. The highest BCUT2D eigenvalue weighted by Crippen LogP contribution is 2.35. The second-order valence-corrected chi connectivity index (χ2v) is 6.39. The topological polar surface area (TPSA) is 107 Å². The number of likely N-dealkylation sites (tertiary alicyclic amines) is 1. The summed E-state index contributed by atoms with van der Waals surface area (Å²) in [4.78, 5) is 28.1. The second-order valence-electron chi connectivity index (χ2n) is 6.39. The zero-order valence-electron chi connectivity index (χ0n) is 14.3. The summed E-state index contributed by atoms with van der Waals surface area (Å²) in [6, 6.07) is 3.76. The predicted octanol–water partition coefficient (Wildman–Crippen LogP) is 2.34. The van der Waals surface area contributed by atoms with Gasteiger partial charge in [-0.25, -0.2) is 0 Å². The minimum Gasteiger partial charge on any atom is -0.464 e. The fraction of sp³-hybridized carbons (Fsp3) is 0.562. The molecule has 0 unspecified atom stereocenters. The number of aromatic nitrogens is 3. The number of hydrogen-bond acceptors (Lipinski definition) is 6. The molecule has 1 aliphatic heterocycles. The maximum Gasteiger partial charge on any atom is 0.490 e. The van der Waals surface area contributed by atoms with Crippen LogP contribution in [0, 0.1) is 16.0 Å². The van der Waals surface area contributed by atoms with Crippen molar-refractivity contribution in [1.29, 1.82) is 0 Å². The quantitative estimate of drug-likeness (QED) is 0.607. The first kappa shape index (κ1) is 17.1. The number of nitrogens with zero attached hydrogens (tertiary/aromatic N) is 5. The van der Waals surface area contributed by atoms with Crippen LogP contribution in [0.3, 0.4) is 0 Å². The third-order valence-electron chi connectivity index (χ3n) is 4.53. The Kier molecular flexibility index (Phi) is 4.82. The van der Waals surface area contributed by atoms with Crippen molar-refractivity contribution in [3.63, 3.8) is 0 Å². The number of hydrogen-bond donors (Lipinski definition) is 0. The molecule has 25 heavy (non-hydrogen) atoms. The molecule has 2 aromatic heterocycles. The summed E-state index contributed by atoms with van der Waals surface area (Å²) in [6.07, 6.45) is 3.76. The number of nitro groups is 1. The van der Waals surface area contributed by atoms with Gasteiger partial charge in [0, 0.05) is 18.1 Å². The highest BCUT2D eigenvalue weighted by Gasteiger charge is 2.33. The zero-order chi connectivity index (χ0) is 18.0. The number of amides is 1. The van der Waals surface area contributed by atoms with E-state index >= 15 is 0 Å². The van der Waals surface area contributed by atoms with Gasteiger partial charge in [0.2, 0.25) is 12.2 Å². The van der Waals surface area contributed by atoms with Crippen LogP contribution in [0.4, 0.5) is 5.95 Å². The van der Waals surface area contributed by atoms with Crippen molar-refractivity contribution >= 4 is 11.9 Å². The van der Waals surface area contributed by atoms with E-state index < -0.39 is 10.9 Å². The first-order valence-electron chi connectivity index (χ1n) is 8.39. The molecule has 1 saturated heterocycles. The van der Waals surface area contributed by atoms with Crippen LogP contribution in [0.5, 0.6) is 0 Å². The molecule has 0 aliphatic carbocycles. The van der Waals surface area contributed by atoms with E-state index in [1.807, 2.05) is 19.1 Å². The third kappa shape index (κ3) is 3.70. The Bertz CT molecular complexity index is 768. The molecule has 0 saturated carbocycles. The molecule has 1 aliphatic rings. The predicted molar refractivity (Wildman–Crippen MR) is 87.6 cm³/mol. The Labute approximate surface area is 144 Å². The maximum atomic E-state index is 12.7. The number of rotatable bonds is 5. The van der Waals surface area contributed by atoms with Crippen LogP contribution < -0.4 is 0 Å². The standard InChI is InChI=1S/C16H21N5O4/c1-3-12-4-5-14(25-12)13-8-11(2)6-7-20(13)15(22)9-19-10-17-16(18-19)21(23)24/h4-5,10-11,13H,3,6-9H2,1-2H3/t11-,13+/m1/s1. The number of piperidine rings is 1. The lowest BCUT2D eigenvalue weighted by Crippen LogP contribution is -2.42. The molecule has 0 N–H and O–H groups in total. The highest BCUT2D eigenvalue weighted by atomic mass is 16.6. The van der Waals surface area contributed by atoms with E-state index in [0.29, 0.717) is 12.5 Å². The van der Waals surface area contributed by atoms with Crippen LogP contribution in [0.25, 0.3) is 0 Å². The number of furan rings is 1. The molecule has 1 fully saturated rings. The smallest absolute Gasteiger partial charge is 0.464 e. The van der Waals surface area contributed by atoms with E-state index in [-0.39, 0.29) is 18.5 Å². The summed E-state index contributed by atoms with van der Waals surface area (Å²) in [5.41, 5.74) is 0. The summed E-state index contributed by atoms with van der Waals surface area (Å²) in [5, 5.41) is 14.4. The molecule has 0 radical (unpaired) electrons. The Hall–Kier alpha value is -2.71. The lowest BCUT2D eigenvalue weighted by Gasteiger charge is -2.37. The Balaban J connectivity index is 1.76. The highest BCUT2D eigenvalue weighted by molar-refractivity contribution is 5.76. The average Bonchev–Trinajstić information content (AvgIpc) is 3.23. The molecule has 3 rings (SSSR count). The van der Waals surface area contributed by atoms with Crippen molar-refractivity contribution < 1.29 is 14.1 Å². The number of aryl methyl sites for hydroxylation is 1. The molecule has 2 atom stereocenters. The van der Waals surface area contributed by atoms with Gasteiger partial charge in [0.15, 0.2) is 0 Å². The van der Waals surface area contributed by atoms with Crippen LogP contribution in [-0.2, 0) is 17.8 Å². The minimum absolute atomic E-state index is 0.0763. The molecular formula is C16H21N5O4. The summed E-state index contributed by atoms with van der Waals surface area (Å²) in [7, 11) is 0. The molecule has 134 valence electrons. The molecule has 9 heteroatoms. The van der Waals surface area contributed by atoms with E-state index in [9.17, 15) is 14.9 Å². The SMILES string of the molecule is CCc1ccc([C@@H]2C[C@H](C)CCN2C(=O)Cn2cnc([N+](=O)[O-])n2)o1. The first-order valence-corrected chi connectivity index (χ1v) is 8.39. The van der Waals surface area contributed by atoms with Gasteiger partial charge in [-0.15, -0.1) is 0 Å². The molecule has 1 amide bonds. The van der Waals surface area contributed by atoms with Crippen LogP contribution in [0.1, 0.15) is 44.3 Å². The van der Waals surface area contributed by atoms with E-state index in [2.05, 4.69) is 17.0 Å². The van der Waals surface area contributed by atoms with Gasteiger partial charge in [0.1, 0.15) is 18.1 Å². The fourth-order valence-corrected chi connectivity index (χ4v) is 3.15. The van der Waals surface area contributed by atoms with Crippen molar-refractivity contribution in [3.8, 4) is 0 Å². The van der Waals surface area contributed by atoms with Crippen molar-refractivity contribution in [2.24, 2.45) is 5.92 Å². The Morgan fingerprint density at radius 3 is 2.92 bits per heavy atom. The van der Waals surface area contributed by atoms with Crippen molar-refractivity contribution in [1.82, 2.24) is 19.7 Å². The summed E-state index contributed by atoms with van der Waals surface area (Å²) in [6.45, 7) is 4.74. The minimum atomic E-state index is -0.679. The second kappa shape index (κ2) is 7.04. The first-order chi connectivity index (χ1) is 12.0. The molecule has 3 heterocycles. The average molecular weight is 347 g/mol. The Morgan fingerprint density at radius 2 is 2.28 bits per heavy atom. The summed E-state index contributed by atoms with van der Waals surface area (Å²) < 4.78 is 7.07. The maximum absolute atomic E-state index is 12.7. The van der Waals surface area contributed by atoms with Crippen molar-refractivity contribution in [2.75, 3.05) is 6.54 Å². The van der Waals surface area contributed by atoms with Gasteiger partial charge < -0.3 is 19.4 Å². The third-order valence-corrected chi connectivity index (χ3v) is 4.53. The van der Waals surface area contributed by atoms with E-state index in [1.165, 1.54) is 11.0 Å². The van der Waals surface area contributed by atoms with Crippen LogP contribution in [0.2, 0.25) is 0 Å². The molecular weight excluding hydrogens is 326 g/mol. The van der Waals surface area contributed by atoms with E-state index in [0.717, 1.165) is 30.8 Å². The van der Waals surface area contributed by atoms with Gasteiger partial charge in [-0.2, -0.15) is 4.68 Å². The van der Waals surface area contributed by atoms with Crippen molar-refractivity contribution in [2.45, 2.75) is 45.7 Å². The van der Waals surface area contributed by atoms with E-state index in [4.69, 9.17) is 4.42 Å².